The first-order valence-electron chi connectivity index (χ1n) is 9.39. The van der Waals surface area contributed by atoms with Crippen LogP contribution >= 0.6 is 0 Å². The zero-order chi connectivity index (χ0) is 19.5. The van der Waals surface area contributed by atoms with E-state index >= 15 is 0 Å². The number of aryl methyl sites for hydroxylation is 1. The molecule has 5 nitrogen and oxygen atoms in total. The van der Waals surface area contributed by atoms with E-state index in [0.29, 0.717) is 18.9 Å². The van der Waals surface area contributed by atoms with Gasteiger partial charge in [0, 0.05) is 31.2 Å². The molecule has 5 heteroatoms. The van der Waals surface area contributed by atoms with E-state index in [9.17, 15) is 4.79 Å². The van der Waals surface area contributed by atoms with Crippen molar-refractivity contribution in [3.05, 3.63) is 88.7 Å². The lowest BCUT2D eigenvalue weighted by Gasteiger charge is -2.26. The van der Waals surface area contributed by atoms with Crippen LogP contribution in [0.1, 0.15) is 32.7 Å². The fraction of sp³-hybridized carbons (Fsp3) is 0.261. The molecule has 1 fully saturated rings. The highest BCUT2D eigenvalue weighted by molar-refractivity contribution is 5.92. The number of amides is 1. The monoisotopic (exact) mass is 373 g/mol. The van der Waals surface area contributed by atoms with Crippen molar-refractivity contribution in [3.8, 4) is 0 Å². The van der Waals surface area contributed by atoms with E-state index in [4.69, 9.17) is 4.74 Å². The van der Waals surface area contributed by atoms with Crippen molar-refractivity contribution in [1.29, 1.82) is 0 Å². The van der Waals surface area contributed by atoms with Crippen molar-refractivity contribution in [2.45, 2.75) is 19.4 Å². The Bertz CT molecular complexity index is 981. The van der Waals surface area contributed by atoms with E-state index in [2.05, 4.69) is 46.4 Å². The van der Waals surface area contributed by atoms with E-state index in [1.54, 1.807) is 6.20 Å². The second-order valence-electron chi connectivity index (χ2n) is 7.25. The number of nitrogens with zero attached hydrogens (tertiary/aromatic N) is 2. The molecule has 1 N–H and O–H groups in total. The van der Waals surface area contributed by atoms with Crippen molar-refractivity contribution in [2.75, 3.05) is 20.3 Å². The molecule has 1 amide bonds. The number of carbonyl (C=O) groups is 1. The Kier molecular flexibility index (Phi) is 5.11. The van der Waals surface area contributed by atoms with Crippen LogP contribution in [0.15, 0.2) is 60.7 Å². The van der Waals surface area contributed by atoms with Gasteiger partial charge in [0.25, 0.3) is 5.91 Å². The van der Waals surface area contributed by atoms with Gasteiger partial charge >= 0.3 is 0 Å². The number of ether oxygens (including phenoxy) is 1. The number of allylic oxidation sites excluding steroid dienone is 2. The molecule has 2 aliphatic rings. The molecule has 3 heterocycles. The number of rotatable bonds is 5. The summed E-state index contributed by atoms with van der Waals surface area (Å²) in [5.41, 5.74) is 9.32. The number of hydrogen-bond acceptors (Lipinski definition) is 4. The molecule has 28 heavy (non-hydrogen) atoms. The molecular formula is C23H23N3O2. The van der Waals surface area contributed by atoms with Crippen LogP contribution in [-0.4, -0.2) is 42.1 Å². The summed E-state index contributed by atoms with van der Waals surface area (Å²) in [5, 5.41) is 2.94. The molecule has 0 radical (unpaired) electrons. The largest absolute Gasteiger partial charge is 0.377 e. The maximum atomic E-state index is 12.4. The first-order valence-corrected chi connectivity index (χ1v) is 9.39. The Morgan fingerprint density at radius 1 is 1.32 bits per heavy atom. The average Bonchev–Trinajstić information content (AvgIpc) is 2.67. The van der Waals surface area contributed by atoms with Gasteiger partial charge in [-0.15, -0.1) is 0 Å². The molecule has 0 bridgehead atoms. The summed E-state index contributed by atoms with van der Waals surface area (Å²) in [5.74, 6) is -0.141. The van der Waals surface area contributed by atoms with Crippen molar-refractivity contribution in [1.82, 2.24) is 15.2 Å². The first-order chi connectivity index (χ1) is 13.6. The number of carbonyl (C=O) groups excluding carboxylic acids is 1. The van der Waals surface area contributed by atoms with Gasteiger partial charge in [-0.2, -0.15) is 0 Å². The maximum absolute atomic E-state index is 12.4. The number of hydrogen-bond donors (Lipinski definition) is 1. The van der Waals surface area contributed by atoms with E-state index < -0.39 is 0 Å². The average molecular weight is 373 g/mol. The molecule has 2 aliphatic heterocycles. The minimum absolute atomic E-state index is 0.101. The summed E-state index contributed by atoms with van der Waals surface area (Å²) in [4.78, 5) is 18.6. The van der Waals surface area contributed by atoms with Gasteiger partial charge in [-0.25, -0.2) is 0 Å². The van der Waals surface area contributed by atoms with Gasteiger partial charge < -0.3 is 15.0 Å². The third-order valence-corrected chi connectivity index (χ3v) is 4.98. The van der Waals surface area contributed by atoms with Gasteiger partial charge in [0.05, 0.1) is 19.3 Å². The van der Waals surface area contributed by atoms with Crippen LogP contribution < -0.4 is 5.32 Å². The van der Waals surface area contributed by atoms with Crippen molar-refractivity contribution < 1.29 is 9.53 Å². The van der Waals surface area contributed by atoms with Gasteiger partial charge in [0.1, 0.15) is 5.69 Å². The summed E-state index contributed by atoms with van der Waals surface area (Å²) in [6.07, 6.45) is 8.53. The van der Waals surface area contributed by atoms with Crippen LogP contribution in [0, 0.1) is 6.92 Å². The lowest BCUT2D eigenvalue weighted by atomic mass is 9.98. The third kappa shape index (κ3) is 4.06. The molecule has 1 aromatic carbocycles. The lowest BCUT2D eigenvalue weighted by Crippen LogP contribution is -2.48. The van der Waals surface area contributed by atoms with Crippen molar-refractivity contribution >= 4 is 11.5 Å². The second kappa shape index (κ2) is 7.85. The first kappa shape index (κ1) is 18.2. The van der Waals surface area contributed by atoms with Crippen LogP contribution in [0.5, 0.6) is 0 Å². The molecule has 0 unspecified atom stereocenters. The summed E-state index contributed by atoms with van der Waals surface area (Å²) in [6, 6.07) is 10.5. The predicted molar refractivity (Wildman–Crippen MR) is 109 cm³/mol. The van der Waals surface area contributed by atoms with Crippen LogP contribution in [0.3, 0.4) is 0 Å². The molecule has 1 saturated heterocycles. The molecule has 0 spiro atoms. The fourth-order valence-electron chi connectivity index (χ4n) is 3.11. The zero-order valence-corrected chi connectivity index (χ0v) is 16.1. The van der Waals surface area contributed by atoms with E-state index in [0.717, 1.165) is 28.7 Å². The number of pyridine rings is 1. The molecular weight excluding hydrogens is 350 g/mol. The van der Waals surface area contributed by atoms with Crippen LogP contribution in [0.4, 0.5) is 0 Å². The number of nitrogens with one attached hydrogen (secondary N) is 1. The zero-order valence-electron chi connectivity index (χ0n) is 16.1. The van der Waals surface area contributed by atoms with Crippen molar-refractivity contribution in [2.24, 2.45) is 0 Å². The van der Waals surface area contributed by atoms with Gasteiger partial charge in [0.15, 0.2) is 0 Å². The highest BCUT2D eigenvalue weighted by Gasteiger charge is 2.21. The summed E-state index contributed by atoms with van der Waals surface area (Å²) in [6.45, 7) is 3.18. The maximum Gasteiger partial charge on any atom is 0.270 e. The predicted octanol–water partition coefficient (Wildman–Crippen LogP) is 3.06. The molecule has 0 atom stereocenters. The van der Waals surface area contributed by atoms with Gasteiger partial charge in [-0.1, -0.05) is 30.0 Å². The molecule has 0 saturated carbocycles. The molecule has 4 rings (SSSR count). The van der Waals surface area contributed by atoms with Crippen LogP contribution in [0.25, 0.3) is 5.57 Å². The Labute approximate surface area is 165 Å². The van der Waals surface area contributed by atoms with Gasteiger partial charge in [-0.05, 0) is 47.7 Å². The SMILES string of the molecule is Cc1cnc(C(=O)NC2COC2)cc1Cc1ccc(C2=C=CN(C)C=C2)cc1. The van der Waals surface area contributed by atoms with Crippen LogP contribution in [-0.2, 0) is 11.2 Å². The second-order valence-corrected chi connectivity index (χ2v) is 7.25. The molecule has 2 aromatic rings. The highest BCUT2D eigenvalue weighted by Crippen LogP contribution is 2.20. The Morgan fingerprint density at radius 2 is 2.11 bits per heavy atom. The summed E-state index contributed by atoms with van der Waals surface area (Å²) >= 11 is 0. The fourth-order valence-corrected chi connectivity index (χ4v) is 3.11. The molecule has 142 valence electrons. The molecule has 0 aliphatic carbocycles. The van der Waals surface area contributed by atoms with Gasteiger partial charge in [0.2, 0.25) is 0 Å². The van der Waals surface area contributed by atoms with E-state index in [1.807, 2.05) is 37.3 Å². The van der Waals surface area contributed by atoms with E-state index in [1.165, 1.54) is 5.56 Å². The lowest BCUT2D eigenvalue weighted by molar-refractivity contribution is -0.00355. The summed E-state index contributed by atoms with van der Waals surface area (Å²) in [7, 11) is 1.98. The standard InChI is InChI=1S/C23H23N3O2/c1-16-13-24-22(23(27)25-21-14-28-15-21)12-20(16)11-17-3-5-18(6-4-17)19-7-9-26(2)10-8-19/h3-7,9-10,12-13,21H,11,14-15H2,1-2H3,(H,25,27). The normalized spacial score (nSPS) is 15.9. The number of benzene rings is 1. The van der Waals surface area contributed by atoms with E-state index in [-0.39, 0.29) is 11.9 Å². The quantitative estimate of drug-likeness (QED) is 0.819. The van der Waals surface area contributed by atoms with Gasteiger partial charge in [-0.3, -0.25) is 9.78 Å². The Morgan fingerprint density at radius 3 is 2.75 bits per heavy atom. The Balaban J connectivity index is 1.49. The number of aromatic nitrogens is 1. The van der Waals surface area contributed by atoms with Crippen molar-refractivity contribution in [3.63, 3.8) is 0 Å². The topological polar surface area (TPSA) is 54.5 Å². The minimum atomic E-state index is -0.141. The third-order valence-electron chi connectivity index (χ3n) is 4.98. The smallest absolute Gasteiger partial charge is 0.270 e. The molecule has 1 aromatic heterocycles. The highest BCUT2D eigenvalue weighted by atomic mass is 16.5. The minimum Gasteiger partial charge on any atom is -0.377 e. The Hall–Kier alpha value is -3.14. The summed E-state index contributed by atoms with van der Waals surface area (Å²) < 4.78 is 5.10. The van der Waals surface area contributed by atoms with Crippen LogP contribution in [0.2, 0.25) is 0 Å².